The summed E-state index contributed by atoms with van der Waals surface area (Å²) in [7, 11) is 0. The first kappa shape index (κ1) is 19.3. The molecule has 4 heterocycles. The summed E-state index contributed by atoms with van der Waals surface area (Å²) in [5.41, 5.74) is -0.416. The van der Waals surface area contributed by atoms with E-state index in [1.54, 1.807) is 0 Å². The van der Waals surface area contributed by atoms with Crippen LogP contribution in [0.4, 0.5) is 11.8 Å². The van der Waals surface area contributed by atoms with Gasteiger partial charge in [-0.25, -0.2) is 4.98 Å². The van der Waals surface area contributed by atoms with Gasteiger partial charge in [0.1, 0.15) is 5.82 Å². The van der Waals surface area contributed by atoms with Gasteiger partial charge in [0.25, 0.3) is 0 Å². The topological polar surface area (TPSA) is 72.7 Å². The molecule has 27 heavy (non-hydrogen) atoms. The minimum Gasteiger partial charge on any atom is -0.388 e. The second kappa shape index (κ2) is 6.78. The number of hydrogen-bond donors (Lipinski definition) is 2. The molecule has 0 aliphatic carbocycles. The molecule has 0 radical (unpaired) electrons. The minimum atomic E-state index is -0.781. The molecule has 0 amide bonds. The number of rotatable bonds is 4. The fraction of sp³-hybridized carbons (Fsp3) is 0.800. The van der Waals surface area contributed by atoms with Crippen molar-refractivity contribution in [1.29, 1.82) is 0 Å². The van der Waals surface area contributed by atoms with Gasteiger partial charge in [-0.05, 0) is 53.4 Å². The predicted molar refractivity (Wildman–Crippen MR) is 110 cm³/mol. The number of anilines is 2. The maximum absolute atomic E-state index is 10.7. The summed E-state index contributed by atoms with van der Waals surface area (Å²) in [4.78, 5) is 15.6. The highest BCUT2D eigenvalue weighted by molar-refractivity contribution is 7.99. The average Bonchev–Trinajstić information content (AvgIpc) is 3.30. The van der Waals surface area contributed by atoms with Crippen LogP contribution in [0.5, 0.6) is 0 Å². The van der Waals surface area contributed by atoms with Crippen LogP contribution < -0.4 is 9.80 Å². The number of aryl methyl sites for hydroxylation is 1. The van der Waals surface area contributed by atoms with E-state index in [2.05, 4.69) is 9.80 Å². The van der Waals surface area contributed by atoms with Gasteiger partial charge in [-0.1, -0.05) is 0 Å². The fourth-order valence-electron chi connectivity index (χ4n) is 4.86. The van der Waals surface area contributed by atoms with Gasteiger partial charge in [0.05, 0.1) is 33.9 Å². The molecular weight excluding hydrogens is 360 g/mol. The number of nitrogens with zero attached hydrogens (tertiary/aromatic N) is 4. The van der Waals surface area contributed by atoms with Gasteiger partial charge in [0.15, 0.2) is 0 Å². The molecule has 3 aliphatic heterocycles. The minimum absolute atomic E-state index is 0.0427. The van der Waals surface area contributed by atoms with E-state index in [4.69, 9.17) is 9.97 Å². The highest BCUT2D eigenvalue weighted by Crippen LogP contribution is 2.43. The van der Waals surface area contributed by atoms with Gasteiger partial charge in [0, 0.05) is 25.3 Å². The van der Waals surface area contributed by atoms with Crippen LogP contribution in [-0.4, -0.2) is 62.3 Å². The monoisotopic (exact) mass is 392 g/mol. The third kappa shape index (κ3) is 3.54. The Bertz CT molecular complexity index is 713. The molecule has 2 fully saturated rings. The van der Waals surface area contributed by atoms with Gasteiger partial charge in [0.2, 0.25) is 5.95 Å². The fourth-order valence-corrected chi connectivity index (χ4v) is 5.96. The molecule has 7 heteroatoms. The van der Waals surface area contributed by atoms with E-state index < -0.39 is 11.2 Å². The lowest BCUT2D eigenvalue weighted by molar-refractivity contribution is 0.0530. The number of thioether (sulfide) groups is 1. The van der Waals surface area contributed by atoms with E-state index in [1.165, 1.54) is 4.90 Å². The van der Waals surface area contributed by atoms with E-state index in [0.29, 0.717) is 0 Å². The lowest BCUT2D eigenvalue weighted by atomic mass is 9.96. The van der Waals surface area contributed by atoms with E-state index in [9.17, 15) is 10.2 Å². The molecule has 0 saturated carbocycles. The Morgan fingerprint density at radius 2 is 1.52 bits per heavy atom. The maximum Gasteiger partial charge on any atom is 0.227 e. The first-order chi connectivity index (χ1) is 12.7. The number of fused-ring (bicyclic) bond motifs is 1. The molecule has 0 spiro atoms. The Balaban J connectivity index is 1.75. The van der Waals surface area contributed by atoms with Gasteiger partial charge in [-0.2, -0.15) is 4.98 Å². The first-order valence-corrected chi connectivity index (χ1v) is 11.2. The highest BCUT2D eigenvalue weighted by Gasteiger charge is 2.41. The molecule has 3 aliphatic rings. The smallest absolute Gasteiger partial charge is 0.227 e. The largest absolute Gasteiger partial charge is 0.388 e. The molecule has 0 bridgehead atoms. The van der Waals surface area contributed by atoms with Crippen LogP contribution in [-0.2, 0) is 6.42 Å². The number of hydrogen-bond acceptors (Lipinski definition) is 7. The van der Waals surface area contributed by atoms with Gasteiger partial charge >= 0.3 is 0 Å². The lowest BCUT2D eigenvalue weighted by Crippen LogP contribution is -2.47. The van der Waals surface area contributed by atoms with Crippen molar-refractivity contribution in [2.24, 2.45) is 0 Å². The number of aliphatic hydroxyl groups is 2. The Labute approximate surface area is 166 Å². The van der Waals surface area contributed by atoms with Crippen LogP contribution in [0.1, 0.15) is 59.1 Å². The summed E-state index contributed by atoms with van der Waals surface area (Å²) >= 11 is 1.84. The zero-order valence-electron chi connectivity index (χ0n) is 16.9. The second-order valence-electron chi connectivity index (χ2n) is 9.23. The Hall–Kier alpha value is -1.05. The molecule has 2 atom stereocenters. The third-order valence-corrected chi connectivity index (χ3v) is 7.27. The van der Waals surface area contributed by atoms with Crippen LogP contribution in [0.15, 0.2) is 4.90 Å². The summed E-state index contributed by atoms with van der Waals surface area (Å²) in [6, 6.07) is 0.121. The van der Waals surface area contributed by atoms with Crippen molar-refractivity contribution in [2.75, 3.05) is 28.6 Å². The second-order valence-corrected chi connectivity index (χ2v) is 10.3. The Morgan fingerprint density at radius 3 is 2.15 bits per heavy atom. The maximum atomic E-state index is 10.7. The van der Waals surface area contributed by atoms with Crippen molar-refractivity contribution in [1.82, 2.24) is 9.97 Å². The van der Waals surface area contributed by atoms with E-state index >= 15 is 0 Å². The Morgan fingerprint density at radius 1 is 0.926 bits per heavy atom. The summed E-state index contributed by atoms with van der Waals surface area (Å²) in [6.07, 6.45) is 5.03. The SMILES string of the molecule is CC(C)(O)C1CCCN1c1nc2c(c(N3CCCC3C(C)(C)O)n1)SCC2. The van der Waals surface area contributed by atoms with Crippen LogP contribution in [0, 0.1) is 0 Å². The summed E-state index contributed by atoms with van der Waals surface area (Å²) in [5.74, 6) is 2.77. The van der Waals surface area contributed by atoms with Crippen molar-refractivity contribution >= 4 is 23.5 Å². The van der Waals surface area contributed by atoms with E-state index in [0.717, 1.165) is 68.4 Å². The van der Waals surface area contributed by atoms with Gasteiger partial charge < -0.3 is 20.0 Å². The quantitative estimate of drug-likeness (QED) is 0.816. The first-order valence-electron chi connectivity index (χ1n) is 10.2. The molecule has 0 aromatic carbocycles. The molecule has 1 aromatic heterocycles. The van der Waals surface area contributed by atoms with Crippen LogP contribution in [0.25, 0.3) is 0 Å². The zero-order chi connectivity index (χ0) is 19.4. The molecule has 6 nitrogen and oxygen atoms in total. The van der Waals surface area contributed by atoms with E-state index in [-0.39, 0.29) is 12.1 Å². The predicted octanol–water partition coefficient (Wildman–Crippen LogP) is 2.60. The van der Waals surface area contributed by atoms with Gasteiger partial charge in [-0.15, -0.1) is 11.8 Å². The summed E-state index contributed by atoms with van der Waals surface area (Å²) < 4.78 is 0. The molecule has 4 rings (SSSR count). The van der Waals surface area contributed by atoms with Crippen molar-refractivity contribution in [3.8, 4) is 0 Å². The molecule has 2 unspecified atom stereocenters. The molecule has 1 aromatic rings. The van der Waals surface area contributed by atoms with Crippen LogP contribution >= 0.6 is 11.8 Å². The summed E-state index contributed by atoms with van der Waals surface area (Å²) in [5, 5.41) is 21.3. The van der Waals surface area contributed by atoms with Crippen LogP contribution in [0.2, 0.25) is 0 Å². The summed E-state index contributed by atoms with van der Waals surface area (Å²) in [6.45, 7) is 9.37. The normalized spacial score (nSPS) is 26.1. The van der Waals surface area contributed by atoms with Crippen LogP contribution in [0.3, 0.4) is 0 Å². The van der Waals surface area contributed by atoms with Crippen molar-refractivity contribution in [3.63, 3.8) is 0 Å². The number of aromatic nitrogens is 2. The Kier molecular flexibility index (Phi) is 4.84. The standard InChI is InChI=1S/C20H32N4O2S/c1-19(2,25)14-7-5-10-23(14)17-16-13(9-12-27-16)21-18(22-17)24-11-6-8-15(24)20(3,4)26/h14-15,25-26H,5-12H2,1-4H3. The molecular formula is C20H32N4O2S. The molecule has 150 valence electrons. The van der Waals surface area contributed by atoms with Crippen molar-refractivity contribution in [2.45, 2.75) is 88.0 Å². The average molecular weight is 393 g/mol. The van der Waals surface area contributed by atoms with Gasteiger partial charge in [-0.3, -0.25) is 0 Å². The van der Waals surface area contributed by atoms with Crippen molar-refractivity contribution in [3.05, 3.63) is 5.69 Å². The molecule has 2 saturated heterocycles. The third-order valence-electron chi connectivity index (χ3n) is 6.16. The zero-order valence-corrected chi connectivity index (χ0v) is 17.7. The lowest BCUT2D eigenvalue weighted by Gasteiger charge is -2.37. The van der Waals surface area contributed by atoms with E-state index in [1.807, 2.05) is 39.5 Å². The molecule has 2 N–H and O–H groups in total. The van der Waals surface area contributed by atoms with Crippen molar-refractivity contribution < 1.29 is 10.2 Å². The highest BCUT2D eigenvalue weighted by atomic mass is 32.2.